The monoisotopic (exact) mass is 411 g/mol. The molecular weight excluding hydrogens is 382 g/mol. The first-order valence-electron chi connectivity index (χ1n) is 9.92. The SMILES string of the molecule is C#CCOc1ccc(CCNC(=O)[C@@H](COCc2ccccc2)OCC)cc1OC. The molecule has 160 valence electrons. The van der Waals surface area contributed by atoms with Crippen molar-refractivity contribution < 1.29 is 23.7 Å². The van der Waals surface area contributed by atoms with E-state index in [0.29, 0.717) is 37.7 Å². The Labute approximate surface area is 178 Å². The molecule has 0 heterocycles. The molecule has 1 amide bonds. The van der Waals surface area contributed by atoms with Gasteiger partial charge < -0.3 is 24.3 Å². The van der Waals surface area contributed by atoms with E-state index in [-0.39, 0.29) is 19.1 Å². The van der Waals surface area contributed by atoms with E-state index in [2.05, 4.69) is 11.2 Å². The topological polar surface area (TPSA) is 66.0 Å². The number of terminal acetylenes is 1. The lowest BCUT2D eigenvalue weighted by Crippen LogP contribution is -2.40. The minimum Gasteiger partial charge on any atom is -0.493 e. The molecule has 0 bridgehead atoms. The molecule has 0 spiro atoms. The average Bonchev–Trinajstić information content (AvgIpc) is 2.78. The fraction of sp³-hybridized carbons (Fsp3) is 0.375. The van der Waals surface area contributed by atoms with Gasteiger partial charge in [0, 0.05) is 13.2 Å². The van der Waals surface area contributed by atoms with Crippen molar-refractivity contribution in [3.8, 4) is 23.8 Å². The summed E-state index contributed by atoms with van der Waals surface area (Å²) in [6.07, 6.45) is 5.22. The lowest BCUT2D eigenvalue weighted by Gasteiger charge is -2.17. The summed E-state index contributed by atoms with van der Waals surface area (Å²) in [5, 5.41) is 2.91. The molecular formula is C24H29NO5. The van der Waals surface area contributed by atoms with Crippen molar-refractivity contribution in [2.45, 2.75) is 26.1 Å². The second-order valence-corrected chi connectivity index (χ2v) is 6.46. The Bertz CT molecular complexity index is 816. The molecule has 6 nitrogen and oxygen atoms in total. The zero-order valence-corrected chi connectivity index (χ0v) is 17.6. The van der Waals surface area contributed by atoms with Gasteiger partial charge in [0.15, 0.2) is 17.6 Å². The summed E-state index contributed by atoms with van der Waals surface area (Å²) in [6, 6.07) is 15.4. The van der Waals surface area contributed by atoms with Gasteiger partial charge in [0.05, 0.1) is 20.3 Å². The maximum absolute atomic E-state index is 12.5. The van der Waals surface area contributed by atoms with Crippen LogP contribution in [0.15, 0.2) is 48.5 Å². The van der Waals surface area contributed by atoms with Gasteiger partial charge in [-0.2, -0.15) is 0 Å². The van der Waals surface area contributed by atoms with E-state index in [1.54, 1.807) is 7.11 Å². The van der Waals surface area contributed by atoms with Crippen molar-refractivity contribution in [1.29, 1.82) is 0 Å². The van der Waals surface area contributed by atoms with Crippen LogP contribution >= 0.6 is 0 Å². The molecule has 2 aromatic carbocycles. The quantitative estimate of drug-likeness (QED) is 0.514. The Kier molecular flexibility index (Phi) is 10.3. The Morgan fingerprint density at radius 2 is 1.93 bits per heavy atom. The molecule has 0 unspecified atom stereocenters. The Morgan fingerprint density at radius 1 is 1.13 bits per heavy atom. The van der Waals surface area contributed by atoms with E-state index in [1.807, 2.05) is 55.5 Å². The van der Waals surface area contributed by atoms with Crippen molar-refractivity contribution in [2.75, 3.05) is 33.5 Å². The van der Waals surface area contributed by atoms with Crippen LogP contribution in [0.2, 0.25) is 0 Å². The number of amides is 1. The first kappa shape index (κ1) is 23.3. The van der Waals surface area contributed by atoms with E-state index >= 15 is 0 Å². The summed E-state index contributed by atoms with van der Waals surface area (Å²) in [6.45, 7) is 3.57. The number of carbonyl (C=O) groups is 1. The van der Waals surface area contributed by atoms with Gasteiger partial charge in [0.25, 0.3) is 5.91 Å². The smallest absolute Gasteiger partial charge is 0.251 e. The van der Waals surface area contributed by atoms with Crippen LogP contribution in [0.1, 0.15) is 18.1 Å². The predicted molar refractivity (Wildman–Crippen MR) is 116 cm³/mol. The molecule has 0 saturated carbocycles. The molecule has 30 heavy (non-hydrogen) atoms. The first-order valence-corrected chi connectivity index (χ1v) is 9.92. The van der Waals surface area contributed by atoms with Gasteiger partial charge in [0.1, 0.15) is 6.61 Å². The van der Waals surface area contributed by atoms with Crippen molar-refractivity contribution in [1.82, 2.24) is 5.32 Å². The van der Waals surface area contributed by atoms with Crippen LogP contribution in [0.3, 0.4) is 0 Å². The number of nitrogens with one attached hydrogen (secondary N) is 1. The van der Waals surface area contributed by atoms with Gasteiger partial charge in [-0.15, -0.1) is 6.42 Å². The van der Waals surface area contributed by atoms with Crippen molar-refractivity contribution >= 4 is 5.91 Å². The van der Waals surface area contributed by atoms with Crippen LogP contribution in [0, 0.1) is 12.3 Å². The third-order valence-electron chi connectivity index (χ3n) is 4.29. The van der Waals surface area contributed by atoms with Crippen LogP contribution in [0.5, 0.6) is 11.5 Å². The van der Waals surface area contributed by atoms with Crippen molar-refractivity contribution in [3.63, 3.8) is 0 Å². The Morgan fingerprint density at radius 3 is 2.63 bits per heavy atom. The van der Waals surface area contributed by atoms with Gasteiger partial charge in [-0.3, -0.25) is 4.79 Å². The maximum atomic E-state index is 12.5. The predicted octanol–water partition coefficient (Wildman–Crippen LogP) is 2.99. The molecule has 0 saturated heterocycles. The fourth-order valence-electron chi connectivity index (χ4n) is 2.81. The lowest BCUT2D eigenvalue weighted by molar-refractivity contribution is -0.137. The average molecular weight is 411 g/mol. The number of ether oxygens (including phenoxy) is 4. The van der Waals surface area contributed by atoms with Gasteiger partial charge >= 0.3 is 0 Å². The summed E-state index contributed by atoms with van der Waals surface area (Å²) < 4.78 is 22.0. The fourth-order valence-corrected chi connectivity index (χ4v) is 2.81. The Balaban J connectivity index is 1.81. The van der Waals surface area contributed by atoms with Gasteiger partial charge in [-0.1, -0.05) is 42.3 Å². The molecule has 1 N–H and O–H groups in total. The van der Waals surface area contributed by atoms with E-state index in [1.165, 1.54) is 0 Å². The summed E-state index contributed by atoms with van der Waals surface area (Å²) in [5.41, 5.74) is 2.06. The van der Waals surface area contributed by atoms with Crippen molar-refractivity contribution in [2.24, 2.45) is 0 Å². The lowest BCUT2D eigenvalue weighted by atomic mass is 10.1. The van der Waals surface area contributed by atoms with Crippen molar-refractivity contribution in [3.05, 3.63) is 59.7 Å². The van der Waals surface area contributed by atoms with E-state index < -0.39 is 6.10 Å². The van der Waals surface area contributed by atoms with Gasteiger partial charge in [0.2, 0.25) is 0 Å². The summed E-state index contributed by atoms with van der Waals surface area (Å²) in [7, 11) is 1.58. The second-order valence-electron chi connectivity index (χ2n) is 6.46. The molecule has 2 aromatic rings. The number of methoxy groups -OCH3 is 1. The highest BCUT2D eigenvalue weighted by atomic mass is 16.5. The molecule has 2 rings (SSSR count). The summed E-state index contributed by atoms with van der Waals surface area (Å²) in [5.74, 6) is 3.44. The number of carbonyl (C=O) groups excluding carboxylic acids is 1. The molecule has 0 radical (unpaired) electrons. The third-order valence-corrected chi connectivity index (χ3v) is 4.29. The third kappa shape index (κ3) is 7.78. The number of hydrogen-bond acceptors (Lipinski definition) is 5. The minimum absolute atomic E-state index is 0.178. The second kappa shape index (κ2) is 13.3. The van der Waals surface area contributed by atoms with Crippen LogP contribution in [-0.4, -0.2) is 45.5 Å². The number of benzene rings is 2. The van der Waals surface area contributed by atoms with E-state index in [4.69, 9.17) is 25.4 Å². The zero-order chi connectivity index (χ0) is 21.6. The summed E-state index contributed by atoms with van der Waals surface area (Å²) in [4.78, 5) is 12.5. The Hall–Kier alpha value is -3.01. The normalized spacial score (nSPS) is 11.4. The number of hydrogen-bond donors (Lipinski definition) is 1. The molecule has 0 aliphatic heterocycles. The largest absolute Gasteiger partial charge is 0.493 e. The highest BCUT2D eigenvalue weighted by Crippen LogP contribution is 2.28. The van der Waals surface area contributed by atoms with Crippen LogP contribution in [0.4, 0.5) is 0 Å². The van der Waals surface area contributed by atoms with Crippen LogP contribution in [-0.2, 0) is 27.3 Å². The van der Waals surface area contributed by atoms with E-state index in [9.17, 15) is 4.79 Å². The molecule has 0 aliphatic carbocycles. The van der Waals surface area contributed by atoms with E-state index in [0.717, 1.165) is 11.1 Å². The van der Waals surface area contributed by atoms with Gasteiger partial charge in [-0.25, -0.2) is 0 Å². The summed E-state index contributed by atoms with van der Waals surface area (Å²) >= 11 is 0. The molecule has 0 aliphatic rings. The highest BCUT2D eigenvalue weighted by Gasteiger charge is 2.18. The molecule has 6 heteroatoms. The highest BCUT2D eigenvalue weighted by molar-refractivity contribution is 5.80. The van der Waals surface area contributed by atoms with Gasteiger partial charge in [-0.05, 0) is 36.6 Å². The first-order chi connectivity index (χ1) is 14.7. The zero-order valence-electron chi connectivity index (χ0n) is 17.6. The number of rotatable bonds is 13. The molecule has 0 fully saturated rings. The van der Waals surface area contributed by atoms with Crippen LogP contribution < -0.4 is 14.8 Å². The minimum atomic E-state index is -0.646. The van der Waals surface area contributed by atoms with Crippen LogP contribution in [0.25, 0.3) is 0 Å². The standard InChI is InChI=1S/C24H29NO5/c1-4-15-30-21-12-11-19(16-22(21)27-3)13-14-25-24(26)23(29-5-2)18-28-17-20-9-7-6-8-10-20/h1,6-12,16,23H,5,13-15,17-18H2,2-3H3,(H,25,26)/t23-/m1/s1. The molecule has 1 atom stereocenters. The molecule has 0 aromatic heterocycles. The maximum Gasteiger partial charge on any atom is 0.251 e.